The van der Waals surface area contributed by atoms with Gasteiger partial charge in [-0.05, 0) is 31.1 Å². The highest BCUT2D eigenvalue weighted by Crippen LogP contribution is 2.31. The van der Waals surface area contributed by atoms with Crippen LogP contribution in [0.3, 0.4) is 0 Å². The molecule has 136 valence electrons. The second kappa shape index (κ2) is 10.3. The van der Waals surface area contributed by atoms with Crippen molar-refractivity contribution in [2.24, 2.45) is 17.8 Å². The predicted octanol–water partition coefficient (Wildman–Crippen LogP) is 3.95. The molecule has 4 nitrogen and oxygen atoms in total. The van der Waals surface area contributed by atoms with Gasteiger partial charge in [-0.25, -0.2) is 0 Å². The van der Waals surface area contributed by atoms with E-state index in [0.29, 0.717) is 24.7 Å². The summed E-state index contributed by atoms with van der Waals surface area (Å²) in [5.41, 5.74) is 0. The Morgan fingerprint density at radius 1 is 1.35 bits per heavy atom. The average Bonchev–Trinajstić information content (AvgIpc) is 2.53. The zero-order valence-corrected chi connectivity index (χ0v) is 15.6. The highest BCUT2D eigenvalue weighted by Gasteiger charge is 2.35. The fraction of sp³-hybridized carbons (Fsp3) is 0.947. The number of cyclic esters (lactones) is 1. The zero-order valence-electron chi connectivity index (χ0n) is 15.6. The molecule has 1 aliphatic heterocycles. The molecule has 0 aromatic carbocycles. The smallest absolute Gasteiger partial charge is 0.306 e. The predicted molar refractivity (Wildman–Crippen MR) is 92.2 cm³/mol. The minimum Gasteiger partial charge on any atom is -0.462 e. The lowest BCUT2D eigenvalue weighted by Gasteiger charge is -2.36. The molecule has 0 unspecified atom stereocenters. The Kier molecular flexibility index (Phi) is 9.15. The molecule has 0 spiro atoms. The number of carbonyl (C=O) groups is 1. The van der Waals surface area contributed by atoms with Crippen LogP contribution in [0.2, 0.25) is 0 Å². The van der Waals surface area contributed by atoms with E-state index in [1.54, 1.807) is 7.11 Å². The van der Waals surface area contributed by atoms with Crippen molar-refractivity contribution < 1.29 is 19.4 Å². The molecule has 1 saturated heterocycles. The van der Waals surface area contributed by atoms with Gasteiger partial charge in [-0.1, -0.05) is 40.5 Å². The van der Waals surface area contributed by atoms with Crippen molar-refractivity contribution in [2.75, 3.05) is 7.11 Å². The standard InChI is InChI=1S/C19H36O4/c1-6-8-9-13(3)19(22-5)14(4)16(20)12-17-15(7-2)10-11-18(21)23-17/h13-17,19-20H,6-12H2,1-5H3/t13-,14-,15+,16+,17+,19+/m0/s1. The molecule has 23 heavy (non-hydrogen) atoms. The van der Waals surface area contributed by atoms with E-state index >= 15 is 0 Å². The molecule has 0 radical (unpaired) electrons. The van der Waals surface area contributed by atoms with Crippen molar-refractivity contribution in [3.63, 3.8) is 0 Å². The van der Waals surface area contributed by atoms with E-state index in [1.165, 1.54) is 12.8 Å². The molecule has 4 heteroatoms. The molecule has 1 heterocycles. The van der Waals surface area contributed by atoms with Gasteiger partial charge in [-0.15, -0.1) is 0 Å². The lowest BCUT2D eigenvalue weighted by Crippen LogP contribution is -2.41. The van der Waals surface area contributed by atoms with Crippen LogP contribution in [0.25, 0.3) is 0 Å². The van der Waals surface area contributed by atoms with E-state index in [4.69, 9.17) is 9.47 Å². The minimum atomic E-state index is -0.506. The maximum absolute atomic E-state index is 11.6. The number of methoxy groups -OCH3 is 1. The van der Waals surface area contributed by atoms with Crippen LogP contribution in [0.4, 0.5) is 0 Å². The Hall–Kier alpha value is -0.610. The highest BCUT2D eigenvalue weighted by atomic mass is 16.5. The van der Waals surface area contributed by atoms with Gasteiger partial charge in [0.2, 0.25) is 0 Å². The quantitative estimate of drug-likeness (QED) is 0.617. The van der Waals surface area contributed by atoms with E-state index in [1.807, 2.05) is 6.92 Å². The number of esters is 1. The fourth-order valence-electron chi connectivity index (χ4n) is 3.85. The van der Waals surface area contributed by atoms with Crippen LogP contribution in [-0.2, 0) is 14.3 Å². The minimum absolute atomic E-state index is 0.0324. The molecule has 1 N–H and O–H groups in total. The topological polar surface area (TPSA) is 55.8 Å². The number of aliphatic hydroxyl groups excluding tert-OH is 1. The van der Waals surface area contributed by atoms with Gasteiger partial charge in [-0.3, -0.25) is 4.79 Å². The van der Waals surface area contributed by atoms with Crippen molar-refractivity contribution in [1.29, 1.82) is 0 Å². The summed E-state index contributed by atoms with van der Waals surface area (Å²) >= 11 is 0. The van der Waals surface area contributed by atoms with Gasteiger partial charge in [0, 0.05) is 25.9 Å². The number of hydrogen-bond donors (Lipinski definition) is 1. The first-order valence-electron chi connectivity index (χ1n) is 9.34. The number of unbranched alkanes of at least 4 members (excludes halogenated alkanes) is 1. The SMILES string of the molecule is CCCC[C@H](C)[C@@H](OC)[C@@H](C)[C@H](O)C[C@H]1OC(=O)CC[C@H]1CC. The molecule has 0 aliphatic carbocycles. The van der Waals surface area contributed by atoms with Gasteiger partial charge < -0.3 is 14.6 Å². The molecule has 0 bridgehead atoms. The van der Waals surface area contributed by atoms with Gasteiger partial charge in [-0.2, -0.15) is 0 Å². The van der Waals surface area contributed by atoms with Crippen molar-refractivity contribution in [3.05, 3.63) is 0 Å². The monoisotopic (exact) mass is 328 g/mol. The van der Waals surface area contributed by atoms with Gasteiger partial charge in [0.15, 0.2) is 0 Å². The number of hydrogen-bond acceptors (Lipinski definition) is 4. The van der Waals surface area contributed by atoms with E-state index in [2.05, 4.69) is 20.8 Å². The van der Waals surface area contributed by atoms with Crippen molar-refractivity contribution >= 4 is 5.97 Å². The number of carbonyl (C=O) groups excluding carboxylic acids is 1. The van der Waals surface area contributed by atoms with Crippen LogP contribution in [-0.4, -0.2) is 36.5 Å². The first kappa shape index (κ1) is 20.4. The highest BCUT2D eigenvalue weighted by molar-refractivity contribution is 5.70. The molecule has 0 amide bonds. The first-order chi connectivity index (χ1) is 10.9. The van der Waals surface area contributed by atoms with Gasteiger partial charge >= 0.3 is 5.97 Å². The van der Waals surface area contributed by atoms with E-state index in [9.17, 15) is 9.90 Å². The van der Waals surface area contributed by atoms with Gasteiger partial charge in [0.25, 0.3) is 0 Å². The molecule has 1 rings (SSSR count). The Balaban J connectivity index is 2.62. The van der Waals surface area contributed by atoms with Crippen LogP contribution in [0.5, 0.6) is 0 Å². The largest absolute Gasteiger partial charge is 0.462 e. The maximum Gasteiger partial charge on any atom is 0.306 e. The maximum atomic E-state index is 11.6. The third-order valence-corrected chi connectivity index (χ3v) is 5.50. The van der Waals surface area contributed by atoms with Crippen molar-refractivity contribution in [3.8, 4) is 0 Å². The summed E-state index contributed by atoms with van der Waals surface area (Å²) < 4.78 is 11.2. The zero-order chi connectivity index (χ0) is 17.4. The Bertz CT molecular complexity index is 344. The molecule has 6 atom stereocenters. The van der Waals surface area contributed by atoms with Gasteiger partial charge in [0.1, 0.15) is 6.10 Å². The van der Waals surface area contributed by atoms with Crippen LogP contribution in [0.15, 0.2) is 0 Å². The van der Waals surface area contributed by atoms with E-state index in [0.717, 1.165) is 19.3 Å². The summed E-state index contributed by atoms with van der Waals surface area (Å²) in [6.07, 6.45) is 5.74. The lowest BCUT2D eigenvalue weighted by molar-refractivity contribution is -0.162. The summed E-state index contributed by atoms with van der Waals surface area (Å²) in [5, 5.41) is 10.7. The molecule has 0 saturated carbocycles. The molecular formula is C19H36O4. The third kappa shape index (κ3) is 6.07. The van der Waals surface area contributed by atoms with Crippen LogP contribution >= 0.6 is 0 Å². The number of ether oxygens (including phenoxy) is 2. The molecule has 1 aliphatic rings. The third-order valence-electron chi connectivity index (χ3n) is 5.50. The van der Waals surface area contributed by atoms with E-state index < -0.39 is 6.10 Å². The number of aliphatic hydroxyl groups is 1. The Morgan fingerprint density at radius 3 is 2.61 bits per heavy atom. The molecule has 0 aromatic heterocycles. The summed E-state index contributed by atoms with van der Waals surface area (Å²) in [7, 11) is 1.73. The summed E-state index contributed by atoms with van der Waals surface area (Å²) in [6.45, 7) is 8.56. The Morgan fingerprint density at radius 2 is 2.04 bits per heavy atom. The summed E-state index contributed by atoms with van der Waals surface area (Å²) in [5.74, 6) is 0.692. The van der Waals surface area contributed by atoms with Gasteiger partial charge in [0.05, 0.1) is 12.2 Å². The second-order valence-electron chi connectivity index (χ2n) is 7.22. The fourth-order valence-corrected chi connectivity index (χ4v) is 3.85. The van der Waals surface area contributed by atoms with Crippen LogP contribution in [0, 0.1) is 17.8 Å². The van der Waals surface area contributed by atoms with Crippen LogP contribution in [0.1, 0.15) is 72.6 Å². The first-order valence-corrected chi connectivity index (χ1v) is 9.34. The summed E-state index contributed by atoms with van der Waals surface area (Å²) in [4.78, 5) is 11.6. The second-order valence-corrected chi connectivity index (χ2v) is 7.22. The molecular weight excluding hydrogens is 292 g/mol. The lowest BCUT2D eigenvalue weighted by atomic mass is 9.81. The number of rotatable bonds is 10. The average molecular weight is 328 g/mol. The molecule has 0 aromatic rings. The molecule has 1 fully saturated rings. The van der Waals surface area contributed by atoms with E-state index in [-0.39, 0.29) is 24.1 Å². The normalized spacial score (nSPS) is 27.1. The van der Waals surface area contributed by atoms with Crippen LogP contribution < -0.4 is 0 Å². The Labute approximate surface area is 141 Å². The summed E-state index contributed by atoms with van der Waals surface area (Å²) in [6, 6.07) is 0. The van der Waals surface area contributed by atoms with Crippen molar-refractivity contribution in [2.45, 2.75) is 91.0 Å². The van der Waals surface area contributed by atoms with Crippen molar-refractivity contribution in [1.82, 2.24) is 0 Å².